The van der Waals surface area contributed by atoms with Crippen LogP contribution in [0.5, 0.6) is 0 Å². The van der Waals surface area contributed by atoms with Crippen LogP contribution in [0.25, 0.3) is 11.6 Å². The maximum Gasteiger partial charge on any atom is 0.276 e. The van der Waals surface area contributed by atoms with Crippen LogP contribution in [0.4, 0.5) is 10.3 Å². The highest BCUT2D eigenvalue weighted by Crippen LogP contribution is 2.39. The lowest BCUT2D eigenvalue weighted by Gasteiger charge is -2.23. The Bertz CT molecular complexity index is 949. The number of hydrogen-bond donors (Lipinski definition) is 1. The lowest BCUT2D eigenvalue weighted by molar-refractivity contribution is 0.182. The van der Waals surface area contributed by atoms with E-state index in [2.05, 4.69) is 20.1 Å². The summed E-state index contributed by atoms with van der Waals surface area (Å²) in [6, 6.07) is 8.13. The van der Waals surface area contributed by atoms with Crippen LogP contribution in [0.3, 0.4) is 0 Å². The van der Waals surface area contributed by atoms with Crippen LogP contribution in [0.15, 0.2) is 34.9 Å². The number of nitrogen functional groups attached to an aromatic ring is 1. The van der Waals surface area contributed by atoms with Gasteiger partial charge in [0.05, 0.1) is 12.0 Å². The predicted molar refractivity (Wildman–Crippen MR) is 96.4 cm³/mol. The molecule has 0 radical (unpaired) electrons. The van der Waals surface area contributed by atoms with Crippen LogP contribution in [-0.4, -0.2) is 33.3 Å². The molecule has 0 spiro atoms. The van der Waals surface area contributed by atoms with Crippen molar-refractivity contribution in [1.29, 1.82) is 0 Å². The van der Waals surface area contributed by atoms with Crippen molar-refractivity contribution in [3.8, 4) is 11.6 Å². The van der Waals surface area contributed by atoms with Crippen LogP contribution in [0, 0.1) is 5.82 Å². The standard InChI is InChI=1S/C19H20FN5O2/c1-11(2)14-9-15(23-18(21)22-14)16-24-17(25-27-16)19(7-8-26-10-19)12-3-5-13(20)6-4-12/h3-6,9,11H,7-8,10H2,1-2H3,(H2,21,22,23)/t19-/m1/s1. The highest BCUT2D eigenvalue weighted by molar-refractivity contribution is 5.50. The molecule has 27 heavy (non-hydrogen) atoms. The average molecular weight is 369 g/mol. The van der Waals surface area contributed by atoms with Gasteiger partial charge in [-0.1, -0.05) is 31.1 Å². The maximum atomic E-state index is 13.4. The van der Waals surface area contributed by atoms with Gasteiger partial charge < -0.3 is 15.0 Å². The number of benzene rings is 1. The van der Waals surface area contributed by atoms with Crippen LogP contribution in [0.1, 0.15) is 43.3 Å². The van der Waals surface area contributed by atoms with Crippen molar-refractivity contribution in [2.45, 2.75) is 31.6 Å². The first-order chi connectivity index (χ1) is 13.0. The molecule has 2 aromatic heterocycles. The fraction of sp³-hybridized carbons (Fsp3) is 0.368. The topological polar surface area (TPSA) is 100.0 Å². The molecule has 1 aliphatic heterocycles. The monoisotopic (exact) mass is 369 g/mol. The Morgan fingerprint density at radius 2 is 1.93 bits per heavy atom. The molecule has 0 aliphatic carbocycles. The lowest BCUT2D eigenvalue weighted by Crippen LogP contribution is -2.29. The number of rotatable bonds is 4. The Labute approximate surface area is 155 Å². The summed E-state index contributed by atoms with van der Waals surface area (Å²) >= 11 is 0. The quantitative estimate of drug-likeness (QED) is 0.754. The van der Waals surface area contributed by atoms with Crippen molar-refractivity contribution >= 4 is 5.95 Å². The molecule has 3 aromatic rings. The molecule has 7 nitrogen and oxygen atoms in total. The van der Waals surface area contributed by atoms with Crippen LogP contribution < -0.4 is 5.73 Å². The van der Waals surface area contributed by atoms with Gasteiger partial charge in [0, 0.05) is 12.3 Å². The third-order valence-corrected chi connectivity index (χ3v) is 4.85. The Kier molecular flexibility index (Phi) is 4.35. The first-order valence-corrected chi connectivity index (χ1v) is 8.81. The summed E-state index contributed by atoms with van der Waals surface area (Å²) in [5, 5.41) is 4.19. The van der Waals surface area contributed by atoms with E-state index >= 15 is 0 Å². The van der Waals surface area contributed by atoms with Gasteiger partial charge in [0.25, 0.3) is 5.89 Å². The molecule has 1 atom stereocenters. The van der Waals surface area contributed by atoms with E-state index in [9.17, 15) is 4.39 Å². The van der Waals surface area contributed by atoms with Gasteiger partial charge in [0.15, 0.2) is 5.82 Å². The van der Waals surface area contributed by atoms with Crippen LogP contribution in [-0.2, 0) is 10.2 Å². The normalized spacial score (nSPS) is 19.7. The minimum atomic E-state index is -0.575. The van der Waals surface area contributed by atoms with Crippen molar-refractivity contribution in [2.24, 2.45) is 0 Å². The second-order valence-corrected chi connectivity index (χ2v) is 7.01. The Morgan fingerprint density at radius 3 is 2.59 bits per heavy atom. The van der Waals surface area contributed by atoms with Gasteiger partial charge >= 0.3 is 0 Å². The molecule has 0 bridgehead atoms. The Balaban J connectivity index is 1.76. The first kappa shape index (κ1) is 17.5. The van der Waals surface area contributed by atoms with E-state index < -0.39 is 5.41 Å². The molecule has 1 fully saturated rings. The van der Waals surface area contributed by atoms with E-state index in [1.54, 1.807) is 18.2 Å². The molecular weight excluding hydrogens is 349 g/mol. The van der Waals surface area contributed by atoms with Crippen molar-refractivity contribution in [2.75, 3.05) is 18.9 Å². The molecule has 1 saturated heterocycles. The smallest absolute Gasteiger partial charge is 0.276 e. The second-order valence-electron chi connectivity index (χ2n) is 7.01. The van der Waals surface area contributed by atoms with E-state index in [0.717, 1.165) is 11.3 Å². The Morgan fingerprint density at radius 1 is 1.15 bits per heavy atom. The molecule has 2 N–H and O–H groups in total. The zero-order chi connectivity index (χ0) is 19.0. The van der Waals surface area contributed by atoms with Gasteiger partial charge in [-0.15, -0.1) is 0 Å². The van der Waals surface area contributed by atoms with Crippen LogP contribution >= 0.6 is 0 Å². The molecule has 8 heteroatoms. The summed E-state index contributed by atoms with van der Waals surface area (Å²) in [6.07, 6.45) is 0.681. The number of nitrogens with two attached hydrogens (primary N) is 1. The molecule has 0 amide bonds. The molecule has 4 rings (SSSR count). The van der Waals surface area contributed by atoms with Crippen molar-refractivity contribution in [3.05, 3.63) is 53.2 Å². The molecule has 1 aromatic carbocycles. The van der Waals surface area contributed by atoms with Gasteiger partial charge in [-0.2, -0.15) is 4.98 Å². The third-order valence-electron chi connectivity index (χ3n) is 4.85. The molecule has 0 unspecified atom stereocenters. The maximum absolute atomic E-state index is 13.4. The van der Waals surface area contributed by atoms with Gasteiger partial charge in [-0.25, -0.2) is 14.4 Å². The van der Waals surface area contributed by atoms with Crippen LogP contribution in [0.2, 0.25) is 0 Å². The van der Waals surface area contributed by atoms with Gasteiger partial charge in [-0.05, 0) is 36.1 Å². The fourth-order valence-corrected chi connectivity index (χ4v) is 3.28. The van der Waals surface area contributed by atoms with Gasteiger partial charge in [-0.3, -0.25) is 0 Å². The summed E-state index contributed by atoms with van der Waals surface area (Å²) < 4.78 is 24.5. The summed E-state index contributed by atoms with van der Waals surface area (Å²) in [5.41, 5.74) is 7.43. The molecule has 0 saturated carbocycles. The van der Waals surface area contributed by atoms with E-state index in [-0.39, 0.29) is 23.6 Å². The number of aromatic nitrogens is 4. The number of anilines is 1. The summed E-state index contributed by atoms with van der Waals surface area (Å²) in [4.78, 5) is 13.0. The number of ether oxygens (including phenoxy) is 1. The highest BCUT2D eigenvalue weighted by atomic mass is 19.1. The van der Waals surface area contributed by atoms with Crippen molar-refractivity contribution in [1.82, 2.24) is 20.1 Å². The molecule has 140 valence electrons. The van der Waals surface area contributed by atoms with Gasteiger partial charge in [0.1, 0.15) is 11.5 Å². The summed E-state index contributed by atoms with van der Waals surface area (Å²) in [7, 11) is 0. The van der Waals surface area contributed by atoms with Crippen molar-refractivity contribution in [3.63, 3.8) is 0 Å². The van der Waals surface area contributed by atoms with Gasteiger partial charge in [0.2, 0.25) is 5.95 Å². The van der Waals surface area contributed by atoms with E-state index in [0.29, 0.717) is 31.2 Å². The zero-order valence-electron chi connectivity index (χ0n) is 15.1. The van der Waals surface area contributed by atoms with E-state index in [4.69, 9.17) is 15.0 Å². The Hall–Kier alpha value is -2.87. The molecule has 1 aliphatic rings. The molecular formula is C19H20FN5O2. The highest BCUT2D eigenvalue weighted by Gasteiger charge is 2.43. The summed E-state index contributed by atoms with van der Waals surface area (Å²) in [5.74, 6) is 0.817. The average Bonchev–Trinajstić information content (AvgIpc) is 3.32. The van der Waals surface area contributed by atoms with E-state index in [1.165, 1.54) is 12.1 Å². The van der Waals surface area contributed by atoms with E-state index in [1.807, 2.05) is 13.8 Å². The number of hydrogen-bond acceptors (Lipinski definition) is 7. The minimum absolute atomic E-state index is 0.161. The second kappa shape index (κ2) is 6.70. The lowest BCUT2D eigenvalue weighted by atomic mass is 9.79. The number of nitrogens with zero attached hydrogens (tertiary/aromatic N) is 4. The first-order valence-electron chi connectivity index (χ1n) is 8.81. The largest absolute Gasteiger partial charge is 0.380 e. The minimum Gasteiger partial charge on any atom is -0.380 e. The summed E-state index contributed by atoms with van der Waals surface area (Å²) in [6.45, 7) is 5.01. The fourth-order valence-electron chi connectivity index (χ4n) is 3.28. The number of halogens is 1. The third kappa shape index (κ3) is 3.16. The zero-order valence-corrected chi connectivity index (χ0v) is 15.1. The predicted octanol–water partition coefficient (Wildman–Crippen LogP) is 3.08. The molecule has 3 heterocycles. The SMILES string of the molecule is CC(C)c1cc(-c2nc([C@]3(c4ccc(F)cc4)CCOC3)no2)nc(N)n1. The van der Waals surface area contributed by atoms with Crippen molar-refractivity contribution < 1.29 is 13.7 Å².